The number of nitrogens with zero attached hydrogens (tertiary/aromatic N) is 2. The van der Waals surface area contributed by atoms with E-state index in [0.717, 1.165) is 16.9 Å². The first-order valence-electron chi connectivity index (χ1n) is 8.37. The highest BCUT2D eigenvalue weighted by molar-refractivity contribution is 5.78. The zero-order valence-corrected chi connectivity index (χ0v) is 14.3. The van der Waals surface area contributed by atoms with Crippen LogP contribution in [0.25, 0.3) is 0 Å². The predicted molar refractivity (Wildman–Crippen MR) is 94.0 cm³/mol. The molecule has 1 fully saturated rings. The number of carbonyl (C=O) groups excluding carboxylic acids is 1. The summed E-state index contributed by atoms with van der Waals surface area (Å²) < 4.78 is 5.28. The van der Waals surface area contributed by atoms with Crippen molar-refractivity contribution in [2.45, 2.75) is 25.1 Å². The first-order valence-corrected chi connectivity index (χ1v) is 8.37. The summed E-state index contributed by atoms with van der Waals surface area (Å²) in [5.41, 5.74) is 2.01. The van der Waals surface area contributed by atoms with Crippen LogP contribution in [0.3, 0.4) is 0 Å². The minimum absolute atomic E-state index is 0.00856. The van der Waals surface area contributed by atoms with E-state index in [2.05, 4.69) is 10.3 Å². The SMILES string of the molecule is COc1cccc(C2CC(O)CN2CC(=O)NCc2cccnc2)c1. The molecule has 2 unspecified atom stereocenters. The van der Waals surface area contributed by atoms with Gasteiger partial charge < -0.3 is 15.2 Å². The van der Waals surface area contributed by atoms with Gasteiger partial charge in [-0.2, -0.15) is 0 Å². The number of carbonyl (C=O) groups is 1. The van der Waals surface area contributed by atoms with E-state index < -0.39 is 6.10 Å². The second-order valence-corrected chi connectivity index (χ2v) is 6.25. The lowest BCUT2D eigenvalue weighted by molar-refractivity contribution is -0.122. The number of likely N-dealkylation sites (tertiary alicyclic amines) is 1. The van der Waals surface area contributed by atoms with Crippen LogP contribution in [0.1, 0.15) is 23.6 Å². The van der Waals surface area contributed by atoms with Gasteiger partial charge in [-0.05, 0) is 35.7 Å². The van der Waals surface area contributed by atoms with Gasteiger partial charge >= 0.3 is 0 Å². The molecule has 0 radical (unpaired) electrons. The standard InChI is InChI=1S/C19H23N3O3/c1-25-17-6-2-5-15(8-17)18-9-16(23)12-22(18)13-19(24)21-11-14-4-3-7-20-10-14/h2-8,10,16,18,23H,9,11-13H2,1H3,(H,21,24). The van der Waals surface area contributed by atoms with Gasteiger partial charge in [0.2, 0.25) is 5.91 Å². The van der Waals surface area contributed by atoms with E-state index in [1.54, 1.807) is 19.5 Å². The number of β-amino-alcohol motifs (C(OH)–C–C–N with tert-alkyl or cyclic N) is 1. The Morgan fingerprint density at radius 1 is 1.40 bits per heavy atom. The maximum atomic E-state index is 12.3. The van der Waals surface area contributed by atoms with Crippen LogP contribution in [0, 0.1) is 0 Å². The smallest absolute Gasteiger partial charge is 0.234 e. The highest BCUT2D eigenvalue weighted by atomic mass is 16.5. The summed E-state index contributed by atoms with van der Waals surface area (Å²) in [6.45, 7) is 1.19. The minimum Gasteiger partial charge on any atom is -0.497 e. The second-order valence-electron chi connectivity index (χ2n) is 6.25. The third-order valence-electron chi connectivity index (χ3n) is 4.42. The van der Waals surface area contributed by atoms with Crippen LogP contribution in [-0.4, -0.2) is 47.2 Å². The van der Waals surface area contributed by atoms with Gasteiger partial charge in [-0.15, -0.1) is 0 Å². The molecule has 25 heavy (non-hydrogen) atoms. The Morgan fingerprint density at radius 2 is 2.28 bits per heavy atom. The number of ether oxygens (including phenoxy) is 1. The fourth-order valence-electron chi connectivity index (χ4n) is 3.19. The molecule has 3 rings (SSSR count). The van der Waals surface area contributed by atoms with Gasteiger partial charge in [-0.1, -0.05) is 18.2 Å². The lowest BCUT2D eigenvalue weighted by Gasteiger charge is -2.24. The monoisotopic (exact) mass is 341 g/mol. The van der Waals surface area contributed by atoms with E-state index in [1.807, 2.05) is 41.3 Å². The molecule has 132 valence electrons. The van der Waals surface area contributed by atoms with E-state index in [-0.39, 0.29) is 18.5 Å². The summed E-state index contributed by atoms with van der Waals surface area (Å²) in [7, 11) is 1.63. The van der Waals surface area contributed by atoms with Crippen molar-refractivity contribution in [3.05, 3.63) is 59.9 Å². The lowest BCUT2D eigenvalue weighted by atomic mass is 10.0. The predicted octanol–water partition coefficient (Wildman–Crippen LogP) is 1.51. The van der Waals surface area contributed by atoms with Crippen molar-refractivity contribution in [3.8, 4) is 5.75 Å². The number of hydrogen-bond donors (Lipinski definition) is 2. The summed E-state index contributed by atoms with van der Waals surface area (Å²) in [5, 5.41) is 13.0. The molecule has 1 aromatic heterocycles. The molecular formula is C19H23N3O3. The summed E-state index contributed by atoms with van der Waals surface area (Å²) >= 11 is 0. The molecule has 0 bridgehead atoms. The number of rotatable bonds is 6. The average Bonchev–Trinajstić information content (AvgIpc) is 3.01. The molecule has 1 amide bonds. The zero-order valence-electron chi connectivity index (χ0n) is 14.3. The lowest BCUT2D eigenvalue weighted by Crippen LogP contribution is -2.37. The van der Waals surface area contributed by atoms with Gasteiger partial charge in [0.05, 0.1) is 19.8 Å². The van der Waals surface area contributed by atoms with Gasteiger partial charge in [0.1, 0.15) is 5.75 Å². The van der Waals surface area contributed by atoms with Crippen LogP contribution in [0.5, 0.6) is 5.75 Å². The number of benzene rings is 1. The molecule has 6 nitrogen and oxygen atoms in total. The molecule has 1 aliphatic heterocycles. The number of hydrogen-bond acceptors (Lipinski definition) is 5. The Bertz CT molecular complexity index is 708. The Labute approximate surface area is 147 Å². The van der Waals surface area contributed by atoms with Crippen LogP contribution < -0.4 is 10.1 Å². The number of aliphatic hydroxyl groups excluding tert-OH is 1. The normalized spacial score (nSPS) is 20.4. The molecule has 0 aliphatic carbocycles. The fraction of sp³-hybridized carbons (Fsp3) is 0.368. The number of methoxy groups -OCH3 is 1. The van der Waals surface area contributed by atoms with Crippen molar-refractivity contribution < 1.29 is 14.6 Å². The molecule has 2 heterocycles. The van der Waals surface area contributed by atoms with Gasteiger partial charge in [-0.25, -0.2) is 0 Å². The number of nitrogens with one attached hydrogen (secondary N) is 1. The van der Waals surface area contributed by atoms with Crippen LogP contribution in [0.15, 0.2) is 48.8 Å². The molecule has 0 saturated carbocycles. The maximum Gasteiger partial charge on any atom is 0.234 e. The Morgan fingerprint density at radius 3 is 3.04 bits per heavy atom. The largest absolute Gasteiger partial charge is 0.497 e. The van der Waals surface area contributed by atoms with Crippen LogP contribution in [0.2, 0.25) is 0 Å². The Balaban J connectivity index is 1.62. The van der Waals surface area contributed by atoms with Gasteiger partial charge in [0, 0.05) is 31.5 Å². The number of aliphatic hydroxyl groups is 1. The molecule has 2 N–H and O–H groups in total. The molecule has 1 saturated heterocycles. The first kappa shape index (κ1) is 17.4. The molecule has 0 spiro atoms. The van der Waals surface area contributed by atoms with E-state index >= 15 is 0 Å². The summed E-state index contributed by atoms with van der Waals surface area (Å²) in [4.78, 5) is 18.3. The third-order valence-corrected chi connectivity index (χ3v) is 4.42. The Hall–Kier alpha value is -2.44. The summed E-state index contributed by atoms with van der Waals surface area (Å²) in [6, 6.07) is 11.6. The maximum absolute atomic E-state index is 12.3. The van der Waals surface area contributed by atoms with Gasteiger partial charge in [-0.3, -0.25) is 14.7 Å². The van der Waals surface area contributed by atoms with Crippen LogP contribution >= 0.6 is 0 Å². The van der Waals surface area contributed by atoms with Crippen molar-refractivity contribution in [1.82, 2.24) is 15.2 Å². The second kappa shape index (κ2) is 8.09. The quantitative estimate of drug-likeness (QED) is 0.833. The molecule has 1 aliphatic rings. The highest BCUT2D eigenvalue weighted by Gasteiger charge is 2.33. The summed E-state index contributed by atoms with van der Waals surface area (Å²) in [6.07, 6.45) is 3.62. The zero-order chi connectivity index (χ0) is 17.6. The number of pyridine rings is 1. The fourth-order valence-corrected chi connectivity index (χ4v) is 3.19. The first-order chi connectivity index (χ1) is 12.2. The third kappa shape index (κ3) is 4.55. The van der Waals surface area contributed by atoms with Crippen LogP contribution in [-0.2, 0) is 11.3 Å². The highest BCUT2D eigenvalue weighted by Crippen LogP contribution is 2.33. The van der Waals surface area contributed by atoms with Crippen molar-refractivity contribution in [2.75, 3.05) is 20.2 Å². The van der Waals surface area contributed by atoms with E-state index in [1.165, 1.54) is 0 Å². The van der Waals surface area contributed by atoms with Gasteiger partial charge in [0.15, 0.2) is 0 Å². The minimum atomic E-state index is -0.428. The van der Waals surface area contributed by atoms with Crippen molar-refractivity contribution in [1.29, 1.82) is 0 Å². The van der Waals surface area contributed by atoms with E-state index in [0.29, 0.717) is 19.5 Å². The molecular weight excluding hydrogens is 318 g/mol. The molecule has 1 aromatic carbocycles. The topological polar surface area (TPSA) is 74.7 Å². The average molecular weight is 341 g/mol. The van der Waals surface area contributed by atoms with Crippen molar-refractivity contribution >= 4 is 5.91 Å². The molecule has 6 heteroatoms. The number of amides is 1. The van der Waals surface area contributed by atoms with E-state index in [4.69, 9.17) is 4.74 Å². The molecule has 2 aromatic rings. The summed E-state index contributed by atoms with van der Waals surface area (Å²) in [5.74, 6) is 0.714. The van der Waals surface area contributed by atoms with E-state index in [9.17, 15) is 9.90 Å². The number of aromatic nitrogens is 1. The van der Waals surface area contributed by atoms with Crippen molar-refractivity contribution in [2.24, 2.45) is 0 Å². The van der Waals surface area contributed by atoms with Crippen LogP contribution in [0.4, 0.5) is 0 Å². The molecule has 2 atom stereocenters. The Kier molecular flexibility index (Phi) is 5.63. The van der Waals surface area contributed by atoms with Gasteiger partial charge in [0.25, 0.3) is 0 Å². The van der Waals surface area contributed by atoms with Crippen molar-refractivity contribution in [3.63, 3.8) is 0 Å².